The van der Waals surface area contributed by atoms with Gasteiger partial charge in [-0.3, -0.25) is 19.1 Å². The number of likely N-dealkylation sites (N-methyl/N-ethyl adjacent to an activating group) is 1. The highest BCUT2D eigenvalue weighted by atomic mass is 16.2. The molecule has 0 N–H and O–H groups in total. The number of aromatic nitrogens is 4. The van der Waals surface area contributed by atoms with Gasteiger partial charge in [0.2, 0.25) is 5.91 Å². The summed E-state index contributed by atoms with van der Waals surface area (Å²) in [6, 6.07) is 1.89. The number of likely N-dealkylation sites (tertiary alicyclic amines) is 1. The van der Waals surface area contributed by atoms with Crippen molar-refractivity contribution >= 4 is 5.91 Å². The Kier molecular flexibility index (Phi) is 4.71. The second-order valence-corrected chi connectivity index (χ2v) is 6.66. The molecule has 0 bridgehead atoms. The minimum absolute atomic E-state index is 0.129. The molecular formula is C17H26N6O. The lowest BCUT2D eigenvalue weighted by molar-refractivity contribution is -0.141. The third-order valence-electron chi connectivity index (χ3n) is 4.85. The van der Waals surface area contributed by atoms with E-state index in [1.165, 1.54) is 5.56 Å². The first-order chi connectivity index (χ1) is 11.5. The zero-order valence-corrected chi connectivity index (χ0v) is 14.7. The Labute approximate surface area is 142 Å². The van der Waals surface area contributed by atoms with Crippen LogP contribution in [0.5, 0.6) is 0 Å². The molecule has 1 aliphatic rings. The van der Waals surface area contributed by atoms with Gasteiger partial charge in [0, 0.05) is 64.4 Å². The van der Waals surface area contributed by atoms with Crippen LogP contribution >= 0.6 is 0 Å². The third kappa shape index (κ3) is 3.08. The lowest BCUT2D eigenvalue weighted by Gasteiger charge is -2.41. The summed E-state index contributed by atoms with van der Waals surface area (Å²) in [5.74, 6) is 0.129. The quantitative estimate of drug-likeness (QED) is 0.826. The van der Waals surface area contributed by atoms with Gasteiger partial charge in [-0.2, -0.15) is 10.2 Å². The van der Waals surface area contributed by atoms with Crippen LogP contribution in [-0.4, -0.2) is 62.5 Å². The zero-order chi connectivity index (χ0) is 17.2. The van der Waals surface area contributed by atoms with Gasteiger partial charge < -0.3 is 4.90 Å². The van der Waals surface area contributed by atoms with Crippen LogP contribution in [-0.2, 0) is 23.4 Å². The van der Waals surface area contributed by atoms with Crippen molar-refractivity contribution < 1.29 is 4.79 Å². The molecule has 0 atom stereocenters. The van der Waals surface area contributed by atoms with Crippen molar-refractivity contribution in [3.05, 3.63) is 36.4 Å². The molecule has 2 aromatic heterocycles. The molecule has 1 saturated heterocycles. The van der Waals surface area contributed by atoms with Gasteiger partial charge >= 0.3 is 0 Å². The molecule has 2 aromatic rings. The Morgan fingerprint density at radius 3 is 2.58 bits per heavy atom. The molecule has 0 unspecified atom stereocenters. The number of carbonyl (C=O) groups is 1. The van der Waals surface area contributed by atoms with E-state index in [0.717, 1.165) is 39.0 Å². The van der Waals surface area contributed by atoms with Gasteiger partial charge in [-0.05, 0) is 25.8 Å². The fourth-order valence-electron chi connectivity index (χ4n) is 3.48. The molecule has 0 spiro atoms. The summed E-state index contributed by atoms with van der Waals surface area (Å²) in [5, 5.41) is 8.71. The summed E-state index contributed by atoms with van der Waals surface area (Å²) in [7, 11) is 3.64. The average molecular weight is 330 g/mol. The van der Waals surface area contributed by atoms with Gasteiger partial charge in [-0.1, -0.05) is 0 Å². The number of rotatable bonds is 5. The number of amides is 1. The third-order valence-corrected chi connectivity index (χ3v) is 4.85. The molecule has 130 valence electrons. The van der Waals surface area contributed by atoms with Crippen LogP contribution in [0, 0.1) is 0 Å². The Morgan fingerprint density at radius 1 is 1.29 bits per heavy atom. The molecule has 0 aromatic carbocycles. The lowest BCUT2D eigenvalue weighted by atomic mass is 9.86. The van der Waals surface area contributed by atoms with Crippen LogP contribution in [0.3, 0.4) is 0 Å². The number of piperidine rings is 1. The van der Waals surface area contributed by atoms with E-state index in [4.69, 9.17) is 0 Å². The SMILES string of the molecule is CCn1cc(CN2CCC(C(=O)N(C)C)(n3cccn3)CC2)cn1. The Balaban J connectivity index is 1.71. The van der Waals surface area contributed by atoms with Crippen LogP contribution in [0.2, 0.25) is 0 Å². The van der Waals surface area contributed by atoms with E-state index in [-0.39, 0.29) is 5.91 Å². The minimum Gasteiger partial charge on any atom is -0.347 e. The van der Waals surface area contributed by atoms with E-state index in [2.05, 4.69) is 28.2 Å². The van der Waals surface area contributed by atoms with E-state index < -0.39 is 5.54 Å². The van der Waals surface area contributed by atoms with Crippen molar-refractivity contribution in [2.45, 2.75) is 38.4 Å². The summed E-state index contributed by atoms with van der Waals surface area (Å²) < 4.78 is 3.80. The smallest absolute Gasteiger partial charge is 0.250 e. The molecule has 24 heavy (non-hydrogen) atoms. The van der Waals surface area contributed by atoms with E-state index in [1.54, 1.807) is 11.1 Å². The van der Waals surface area contributed by atoms with Gasteiger partial charge in [0.25, 0.3) is 0 Å². The predicted octanol–water partition coefficient (Wildman–Crippen LogP) is 1.18. The summed E-state index contributed by atoms with van der Waals surface area (Å²) in [4.78, 5) is 16.9. The molecule has 0 radical (unpaired) electrons. The van der Waals surface area contributed by atoms with E-state index in [1.807, 2.05) is 41.9 Å². The van der Waals surface area contributed by atoms with Crippen molar-refractivity contribution in [1.82, 2.24) is 29.4 Å². The Hall–Kier alpha value is -2.15. The predicted molar refractivity (Wildman–Crippen MR) is 91.3 cm³/mol. The molecule has 0 saturated carbocycles. The van der Waals surface area contributed by atoms with Crippen LogP contribution in [0.15, 0.2) is 30.9 Å². The van der Waals surface area contributed by atoms with E-state index in [9.17, 15) is 4.79 Å². The highest BCUT2D eigenvalue weighted by molar-refractivity contribution is 5.84. The lowest BCUT2D eigenvalue weighted by Crippen LogP contribution is -2.54. The first-order valence-corrected chi connectivity index (χ1v) is 8.51. The largest absolute Gasteiger partial charge is 0.347 e. The van der Waals surface area contributed by atoms with Crippen LogP contribution < -0.4 is 0 Å². The van der Waals surface area contributed by atoms with Crippen molar-refractivity contribution in [2.24, 2.45) is 0 Å². The number of hydrogen-bond donors (Lipinski definition) is 0. The fraction of sp³-hybridized carbons (Fsp3) is 0.588. The monoisotopic (exact) mass is 330 g/mol. The van der Waals surface area contributed by atoms with Crippen LogP contribution in [0.25, 0.3) is 0 Å². The number of carbonyl (C=O) groups excluding carboxylic acids is 1. The number of aryl methyl sites for hydroxylation is 1. The van der Waals surface area contributed by atoms with Gasteiger partial charge in [0.15, 0.2) is 0 Å². The first-order valence-electron chi connectivity index (χ1n) is 8.51. The maximum Gasteiger partial charge on any atom is 0.250 e. The molecule has 0 aliphatic carbocycles. The molecule has 3 heterocycles. The van der Waals surface area contributed by atoms with Gasteiger partial charge in [-0.25, -0.2) is 0 Å². The second-order valence-electron chi connectivity index (χ2n) is 6.66. The first kappa shape index (κ1) is 16.7. The van der Waals surface area contributed by atoms with Crippen molar-refractivity contribution in [1.29, 1.82) is 0 Å². The van der Waals surface area contributed by atoms with Gasteiger partial charge in [0.05, 0.1) is 6.20 Å². The molecular weight excluding hydrogens is 304 g/mol. The topological polar surface area (TPSA) is 59.2 Å². The molecule has 7 nitrogen and oxygen atoms in total. The minimum atomic E-state index is -0.558. The summed E-state index contributed by atoms with van der Waals surface area (Å²) in [6.45, 7) is 5.60. The Bertz CT molecular complexity index is 667. The molecule has 1 aliphatic heterocycles. The normalized spacial score (nSPS) is 17.8. The summed E-state index contributed by atoms with van der Waals surface area (Å²) >= 11 is 0. The molecule has 1 amide bonds. The number of hydrogen-bond acceptors (Lipinski definition) is 4. The second kappa shape index (κ2) is 6.76. The Morgan fingerprint density at radius 2 is 2.04 bits per heavy atom. The van der Waals surface area contributed by atoms with Crippen molar-refractivity contribution in [3.8, 4) is 0 Å². The summed E-state index contributed by atoms with van der Waals surface area (Å²) in [5.41, 5.74) is 0.666. The van der Waals surface area contributed by atoms with E-state index in [0.29, 0.717) is 0 Å². The van der Waals surface area contributed by atoms with Gasteiger partial charge in [0.1, 0.15) is 5.54 Å². The zero-order valence-electron chi connectivity index (χ0n) is 14.7. The average Bonchev–Trinajstić information content (AvgIpc) is 3.27. The standard InChI is InChI=1S/C17H26N6O/c1-4-22-14-15(12-19-22)13-21-10-6-17(7-11-21,16(24)20(2)3)23-9-5-8-18-23/h5,8-9,12,14H,4,6-7,10-11,13H2,1-3H3. The number of nitrogens with zero attached hydrogens (tertiary/aromatic N) is 6. The van der Waals surface area contributed by atoms with E-state index >= 15 is 0 Å². The van der Waals surface area contributed by atoms with Crippen molar-refractivity contribution in [2.75, 3.05) is 27.2 Å². The fourth-order valence-corrected chi connectivity index (χ4v) is 3.48. The van der Waals surface area contributed by atoms with Crippen LogP contribution in [0.4, 0.5) is 0 Å². The highest BCUT2D eigenvalue weighted by Crippen LogP contribution is 2.32. The molecule has 3 rings (SSSR count). The van der Waals surface area contributed by atoms with Crippen molar-refractivity contribution in [3.63, 3.8) is 0 Å². The maximum absolute atomic E-state index is 12.9. The summed E-state index contributed by atoms with van der Waals surface area (Å²) in [6.07, 6.45) is 9.23. The molecule has 7 heteroatoms. The highest BCUT2D eigenvalue weighted by Gasteiger charge is 2.44. The van der Waals surface area contributed by atoms with Gasteiger partial charge in [-0.15, -0.1) is 0 Å². The maximum atomic E-state index is 12.9. The van der Waals surface area contributed by atoms with Crippen LogP contribution in [0.1, 0.15) is 25.3 Å². The molecule has 1 fully saturated rings.